The molecule has 0 saturated heterocycles. The molecular weight excluding hydrogens is 260 g/mol. The topological polar surface area (TPSA) is 34.1 Å². The predicted octanol–water partition coefficient (Wildman–Crippen LogP) is 4.09. The van der Waals surface area contributed by atoms with Gasteiger partial charge in [-0.15, -0.1) is 0 Å². The standard InChI is InChI=1S/C19H26O2/c1-18-9-7-13(20)11-12(18)3-4-14-15-5-6-17(21)19(15,2)10-8-16(14)18/h11,14-16H,3-10H2,1-2H3/t14-,15-,16-,18-,19-/m0/s1/i3D2,6D2,7D2,11D. The molecule has 0 spiro atoms. The van der Waals surface area contributed by atoms with Gasteiger partial charge in [0.1, 0.15) is 5.78 Å². The van der Waals surface area contributed by atoms with Crippen molar-refractivity contribution in [2.24, 2.45) is 28.6 Å². The zero-order valence-electron chi connectivity index (χ0n) is 19.6. The summed E-state index contributed by atoms with van der Waals surface area (Å²) < 4.78 is 58.2. The van der Waals surface area contributed by atoms with Crippen LogP contribution in [0.15, 0.2) is 11.6 Å². The van der Waals surface area contributed by atoms with E-state index in [1.165, 1.54) is 0 Å². The van der Waals surface area contributed by atoms with E-state index < -0.39 is 47.6 Å². The normalized spacial score (nSPS) is 61.8. The summed E-state index contributed by atoms with van der Waals surface area (Å²) in [4.78, 5) is 25.1. The Bertz CT molecular complexity index is 817. The lowest BCUT2D eigenvalue weighted by molar-refractivity contribution is -0.132. The molecule has 0 aliphatic heterocycles. The van der Waals surface area contributed by atoms with Crippen molar-refractivity contribution in [1.29, 1.82) is 0 Å². The summed E-state index contributed by atoms with van der Waals surface area (Å²) >= 11 is 0. The number of Topliss-reactive ketones (excluding diaryl/α,β-unsaturated/α-hetero) is 1. The van der Waals surface area contributed by atoms with Gasteiger partial charge in [0.2, 0.25) is 0 Å². The molecule has 0 bridgehead atoms. The van der Waals surface area contributed by atoms with Gasteiger partial charge in [-0.1, -0.05) is 19.4 Å². The van der Waals surface area contributed by atoms with Gasteiger partial charge >= 0.3 is 0 Å². The van der Waals surface area contributed by atoms with E-state index in [-0.39, 0.29) is 42.6 Å². The van der Waals surface area contributed by atoms with E-state index in [1.807, 2.05) is 0 Å². The lowest BCUT2D eigenvalue weighted by Gasteiger charge is -2.56. The van der Waals surface area contributed by atoms with Crippen LogP contribution in [-0.2, 0) is 9.59 Å². The molecule has 4 aliphatic rings. The average Bonchev–Trinajstić information content (AvgIpc) is 2.71. The average molecular weight is 293 g/mol. The minimum Gasteiger partial charge on any atom is -0.299 e. The summed E-state index contributed by atoms with van der Waals surface area (Å²) in [7, 11) is 0. The van der Waals surface area contributed by atoms with Crippen molar-refractivity contribution in [2.75, 3.05) is 0 Å². The lowest BCUT2D eigenvalue weighted by Crippen LogP contribution is -2.50. The number of hydrogen-bond acceptors (Lipinski definition) is 2. The predicted molar refractivity (Wildman–Crippen MR) is 81.7 cm³/mol. The molecule has 3 fully saturated rings. The highest BCUT2D eigenvalue weighted by atomic mass is 16.1. The van der Waals surface area contributed by atoms with Crippen molar-refractivity contribution in [1.82, 2.24) is 0 Å². The fourth-order valence-corrected chi connectivity index (χ4v) is 5.18. The Labute approximate surface area is 137 Å². The minimum atomic E-state index is -2.21. The molecule has 2 heteroatoms. The van der Waals surface area contributed by atoms with Gasteiger partial charge in [0.25, 0.3) is 0 Å². The van der Waals surface area contributed by atoms with Crippen LogP contribution >= 0.6 is 0 Å². The van der Waals surface area contributed by atoms with Crippen LogP contribution in [0, 0.1) is 28.6 Å². The molecule has 0 aromatic heterocycles. The molecule has 21 heavy (non-hydrogen) atoms. The summed E-state index contributed by atoms with van der Waals surface area (Å²) in [6, 6.07) is -0.534. The largest absolute Gasteiger partial charge is 0.299 e. The molecular formula is C19H26O2. The van der Waals surface area contributed by atoms with Crippen LogP contribution in [0.25, 0.3) is 0 Å². The second-order valence-electron chi connectivity index (χ2n) is 7.52. The van der Waals surface area contributed by atoms with Crippen molar-refractivity contribution in [3.63, 3.8) is 0 Å². The molecule has 2 nitrogen and oxygen atoms in total. The van der Waals surface area contributed by atoms with Crippen molar-refractivity contribution in [3.05, 3.63) is 11.6 Å². The maximum atomic E-state index is 12.8. The first kappa shape index (κ1) is 8.08. The molecule has 4 aliphatic carbocycles. The number of rotatable bonds is 0. The van der Waals surface area contributed by atoms with Crippen LogP contribution in [-0.4, -0.2) is 11.6 Å². The van der Waals surface area contributed by atoms with Gasteiger partial charge in [0.05, 0.1) is 1.37 Å². The maximum Gasteiger partial charge on any atom is 0.155 e. The highest BCUT2D eigenvalue weighted by Crippen LogP contribution is 2.64. The molecule has 3 saturated carbocycles. The van der Waals surface area contributed by atoms with Crippen molar-refractivity contribution >= 4 is 11.6 Å². The van der Waals surface area contributed by atoms with Gasteiger partial charge in [0, 0.05) is 26.4 Å². The summed E-state index contributed by atoms with van der Waals surface area (Å²) in [5.74, 6) is -2.10. The number of allylic oxidation sites excluding steroid dienone is 1. The molecule has 0 aromatic rings. The summed E-state index contributed by atoms with van der Waals surface area (Å²) in [5, 5.41) is 0. The number of fused-ring (bicyclic) bond motifs is 5. The van der Waals surface area contributed by atoms with Crippen LogP contribution in [0.4, 0.5) is 0 Å². The molecule has 0 heterocycles. The number of ketones is 2. The van der Waals surface area contributed by atoms with E-state index >= 15 is 0 Å². The molecule has 0 aromatic carbocycles. The number of carbonyl (C=O) groups excluding carboxylic acids is 2. The first-order valence-electron chi connectivity index (χ1n) is 11.4. The van der Waals surface area contributed by atoms with Crippen LogP contribution in [0.5, 0.6) is 0 Å². The number of hydrogen-bond donors (Lipinski definition) is 0. The Morgan fingerprint density at radius 3 is 2.62 bits per heavy atom. The first-order chi connectivity index (χ1) is 12.6. The highest BCUT2D eigenvalue weighted by molar-refractivity contribution is 5.91. The highest BCUT2D eigenvalue weighted by Gasteiger charge is 2.58. The molecule has 0 N–H and O–H groups in total. The monoisotopic (exact) mass is 293 g/mol. The third-order valence-corrected chi connectivity index (χ3v) is 6.59. The first-order valence-corrected chi connectivity index (χ1v) is 7.89. The van der Waals surface area contributed by atoms with Crippen molar-refractivity contribution < 1.29 is 19.2 Å². The summed E-state index contributed by atoms with van der Waals surface area (Å²) in [5.41, 5.74) is -1.70. The smallest absolute Gasteiger partial charge is 0.155 e. The number of carbonyl (C=O) groups is 2. The zero-order chi connectivity index (χ0) is 21.1. The molecule has 114 valence electrons. The summed E-state index contributed by atoms with van der Waals surface area (Å²) in [6.07, 6.45) is -5.11. The molecule has 4 rings (SSSR count). The zero-order valence-corrected chi connectivity index (χ0v) is 12.6. The second-order valence-corrected chi connectivity index (χ2v) is 7.52. The molecule has 0 unspecified atom stereocenters. The molecule has 0 amide bonds. The van der Waals surface area contributed by atoms with Crippen LogP contribution in [0.3, 0.4) is 0 Å². The summed E-state index contributed by atoms with van der Waals surface area (Å²) in [6.45, 7) is 3.56. The van der Waals surface area contributed by atoms with Crippen molar-refractivity contribution in [2.45, 2.75) is 65.1 Å². The Balaban J connectivity index is 1.86. The van der Waals surface area contributed by atoms with Gasteiger partial charge < -0.3 is 0 Å². The van der Waals surface area contributed by atoms with Crippen LogP contribution < -0.4 is 0 Å². The Morgan fingerprint density at radius 1 is 1.05 bits per heavy atom. The third-order valence-electron chi connectivity index (χ3n) is 6.59. The van der Waals surface area contributed by atoms with E-state index in [2.05, 4.69) is 0 Å². The SMILES string of the molecule is [2H]C1=C2C([2H])([2H])C[C@@H]3[C@H](CC[C@]4(C)C(=O)C([2H])([2H])C[C@@H]34)[C@@]2(C)CC([2H])([2H])C1=O. The van der Waals surface area contributed by atoms with E-state index in [1.54, 1.807) is 13.8 Å². The van der Waals surface area contributed by atoms with Crippen LogP contribution in [0.2, 0.25) is 0 Å². The fraction of sp³-hybridized carbons (Fsp3) is 0.789. The second kappa shape index (κ2) is 4.30. The minimum absolute atomic E-state index is 0.0465. The van der Waals surface area contributed by atoms with Crippen LogP contribution in [0.1, 0.15) is 74.7 Å². The van der Waals surface area contributed by atoms with Gasteiger partial charge in [-0.2, -0.15) is 0 Å². The van der Waals surface area contributed by atoms with Gasteiger partial charge in [0.15, 0.2) is 5.78 Å². The quantitative estimate of drug-likeness (QED) is 0.674. The Morgan fingerprint density at radius 2 is 1.81 bits per heavy atom. The fourth-order valence-electron chi connectivity index (χ4n) is 5.18. The third kappa shape index (κ3) is 1.71. The lowest BCUT2D eigenvalue weighted by atomic mass is 9.47. The van der Waals surface area contributed by atoms with Gasteiger partial charge in [-0.05, 0) is 67.7 Å². The van der Waals surface area contributed by atoms with Crippen molar-refractivity contribution in [3.8, 4) is 0 Å². The van der Waals surface area contributed by atoms with Gasteiger partial charge in [-0.3, -0.25) is 9.59 Å². The van der Waals surface area contributed by atoms with E-state index in [9.17, 15) is 9.59 Å². The Hall–Kier alpha value is -0.920. The van der Waals surface area contributed by atoms with Gasteiger partial charge in [-0.25, -0.2) is 0 Å². The van der Waals surface area contributed by atoms with E-state index in [4.69, 9.17) is 9.60 Å². The Kier molecular flexibility index (Phi) is 1.65. The molecule has 0 radical (unpaired) electrons. The maximum absolute atomic E-state index is 12.8. The molecule has 5 atom stereocenters. The van der Waals surface area contributed by atoms with E-state index in [0.717, 1.165) is 0 Å². The van der Waals surface area contributed by atoms with E-state index in [0.29, 0.717) is 12.8 Å².